The summed E-state index contributed by atoms with van der Waals surface area (Å²) in [6, 6.07) is 5.80. The molecular weight excluding hydrogens is 244 g/mol. The van der Waals surface area contributed by atoms with E-state index in [0.717, 1.165) is 22.6 Å². The van der Waals surface area contributed by atoms with Crippen molar-refractivity contribution in [3.05, 3.63) is 46.5 Å². The second-order valence-corrected chi connectivity index (χ2v) is 6.34. The molecule has 1 nitrogen and oxygen atoms in total. The maximum Gasteiger partial charge on any atom is 0.163 e. The van der Waals surface area contributed by atoms with Crippen LogP contribution in [0.25, 0.3) is 0 Å². The molecule has 2 heteroatoms. The van der Waals surface area contributed by atoms with Crippen molar-refractivity contribution in [3.63, 3.8) is 0 Å². The van der Waals surface area contributed by atoms with Gasteiger partial charge in [0.05, 0.1) is 0 Å². The molecule has 92 valence electrons. The molecule has 3 atom stereocenters. The fourth-order valence-electron chi connectivity index (χ4n) is 4.39. The molecule has 3 aliphatic rings. The molecule has 1 saturated carbocycles. The maximum absolute atomic E-state index is 12.1. The Morgan fingerprint density at radius 2 is 2.17 bits per heavy atom. The summed E-state index contributed by atoms with van der Waals surface area (Å²) in [7, 11) is 0. The molecule has 3 unspecified atom stereocenters. The van der Waals surface area contributed by atoms with E-state index in [9.17, 15) is 4.79 Å². The zero-order valence-corrected chi connectivity index (χ0v) is 10.9. The third-order valence-electron chi connectivity index (χ3n) is 5.12. The molecule has 2 bridgehead atoms. The average Bonchev–Trinajstić information content (AvgIpc) is 2.95. The van der Waals surface area contributed by atoms with E-state index in [1.807, 2.05) is 18.2 Å². The van der Waals surface area contributed by atoms with E-state index in [-0.39, 0.29) is 11.2 Å². The monoisotopic (exact) mass is 258 g/mol. The van der Waals surface area contributed by atoms with Crippen molar-refractivity contribution < 1.29 is 4.79 Å². The van der Waals surface area contributed by atoms with Crippen LogP contribution in [0.5, 0.6) is 0 Å². The van der Waals surface area contributed by atoms with Crippen molar-refractivity contribution in [2.24, 2.45) is 11.8 Å². The van der Waals surface area contributed by atoms with Gasteiger partial charge in [-0.15, -0.1) is 0 Å². The molecule has 1 fully saturated rings. The maximum atomic E-state index is 12.1. The van der Waals surface area contributed by atoms with Gasteiger partial charge in [-0.25, -0.2) is 0 Å². The van der Waals surface area contributed by atoms with Gasteiger partial charge < -0.3 is 0 Å². The van der Waals surface area contributed by atoms with Gasteiger partial charge in [0.15, 0.2) is 5.78 Å². The van der Waals surface area contributed by atoms with Crippen molar-refractivity contribution in [1.82, 2.24) is 0 Å². The first kappa shape index (κ1) is 10.8. The summed E-state index contributed by atoms with van der Waals surface area (Å²) in [6.45, 7) is 0. The van der Waals surface area contributed by atoms with E-state index in [2.05, 4.69) is 12.2 Å². The number of hydrogen-bond donors (Lipinski definition) is 0. The zero-order valence-electron chi connectivity index (χ0n) is 10.2. The van der Waals surface area contributed by atoms with Gasteiger partial charge in [-0.2, -0.15) is 0 Å². The molecule has 0 N–H and O–H groups in total. The highest BCUT2D eigenvalue weighted by Crippen LogP contribution is 2.59. The molecule has 1 aromatic rings. The summed E-state index contributed by atoms with van der Waals surface area (Å²) in [6.07, 6.45) is 8.80. The van der Waals surface area contributed by atoms with Crippen molar-refractivity contribution in [2.75, 3.05) is 0 Å². The minimum atomic E-state index is 0.154. The van der Waals surface area contributed by atoms with Gasteiger partial charge in [0.2, 0.25) is 0 Å². The van der Waals surface area contributed by atoms with Gasteiger partial charge in [0.1, 0.15) is 0 Å². The summed E-state index contributed by atoms with van der Waals surface area (Å²) >= 11 is 6.44. The van der Waals surface area contributed by atoms with Crippen molar-refractivity contribution in [1.29, 1.82) is 0 Å². The smallest absolute Gasteiger partial charge is 0.163 e. The summed E-state index contributed by atoms with van der Waals surface area (Å²) < 4.78 is 0. The first-order valence-electron chi connectivity index (χ1n) is 6.71. The van der Waals surface area contributed by atoms with Gasteiger partial charge in [-0.3, -0.25) is 4.79 Å². The normalized spacial score (nSPS) is 36.4. The Hall–Kier alpha value is -1.08. The summed E-state index contributed by atoms with van der Waals surface area (Å²) in [5.74, 6) is 1.56. The van der Waals surface area contributed by atoms with Crippen LogP contribution in [0.4, 0.5) is 0 Å². The molecule has 1 aromatic carbocycles. The molecule has 1 spiro atoms. The number of carbonyl (C=O) groups is 1. The predicted molar refractivity (Wildman–Crippen MR) is 72.0 cm³/mol. The van der Waals surface area contributed by atoms with E-state index in [1.165, 1.54) is 12.8 Å². The summed E-state index contributed by atoms with van der Waals surface area (Å²) in [5.41, 5.74) is 2.19. The molecule has 0 aromatic heterocycles. The van der Waals surface area contributed by atoms with Gasteiger partial charge >= 0.3 is 0 Å². The topological polar surface area (TPSA) is 17.1 Å². The Balaban J connectivity index is 1.97. The molecule has 3 aliphatic carbocycles. The first-order chi connectivity index (χ1) is 8.71. The molecule has 18 heavy (non-hydrogen) atoms. The Labute approximate surface area is 112 Å². The van der Waals surface area contributed by atoms with Crippen LogP contribution in [-0.2, 0) is 5.41 Å². The van der Waals surface area contributed by atoms with Gasteiger partial charge in [0, 0.05) is 22.4 Å². The van der Waals surface area contributed by atoms with Crippen LogP contribution in [-0.4, -0.2) is 5.78 Å². The minimum Gasteiger partial charge on any atom is -0.294 e. The predicted octanol–water partition coefficient (Wildman–Crippen LogP) is 4.15. The number of allylic oxidation sites excluding steroid dienone is 2. The Bertz CT molecular complexity index is 574. The third-order valence-corrected chi connectivity index (χ3v) is 5.43. The van der Waals surface area contributed by atoms with Crippen LogP contribution >= 0.6 is 11.6 Å². The highest BCUT2D eigenvalue weighted by molar-refractivity contribution is 6.32. The number of carbonyl (C=O) groups excluding carboxylic acids is 1. The fourth-order valence-corrected chi connectivity index (χ4v) is 4.75. The second kappa shape index (κ2) is 3.48. The fraction of sp³-hybridized carbons (Fsp3) is 0.438. The molecule has 0 saturated heterocycles. The number of ketones is 1. The quantitative estimate of drug-likeness (QED) is 0.639. The highest BCUT2D eigenvalue weighted by Gasteiger charge is 2.52. The van der Waals surface area contributed by atoms with Crippen LogP contribution in [0.15, 0.2) is 30.4 Å². The molecule has 0 heterocycles. The van der Waals surface area contributed by atoms with Crippen LogP contribution in [0, 0.1) is 11.8 Å². The number of benzene rings is 1. The van der Waals surface area contributed by atoms with Crippen molar-refractivity contribution in [3.8, 4) is 0 Å². The highest BCUT2D eigenvalue weighted by atomic mass is 35.5. The zero-order chi connectivity index (χ0) is 12.3. The van der Waals surface area contributed by atoms with Gasteiger partial charge in [-0.1, -0.05) is 35.9 Å². The van der Waals surface area contributed by atoms with Gasteiger partial charge in [-0.05, 0) is 42.7 Å². The number of Topliss-reactive ketones (excluding diaryl/α,β-unsaturated/α-hetero) is 1. The lowest BCUT2D eigenvalue weighted by molar-refractivity contribution is 0.0944. The Kier molecular flexibility index (Phi) is 2.09. The minimum absolute atomic E-state index is 0.154. The van der Waals surface area contributed by atoms with Crippen LogP contribution < -0.4 is 0 Å². The van der Waals surface area contributed by atoms with E-state index in [4.69, 9.17) is 11.6 Å². The lowest BCUT2D eigenvalue weighted by atomic mass is 9.63. The van der Waals surface area contributed by atoms with Crippen LogP contribution in [0.1, 0.15) is 41.6 Å². The molecule has 0 aliphatic heterocycles. The standard InChI is InChI=1S/C16H15ClO/c17-13-3-1-2-12-14(18)6-7-16(15(12)13)9-10-4-5-11(16)8-10/h1-5,10-11H,6-9H2. The number of hydrogen-bond acceptors (Lipinski definition) is 1. The van der Waals surface area contributed by atoms with Crippen LogP contribution in [0.2, 0.25) is 5.02 Å². The Morgan fingerprint density at radius 3 is 2.89 bits per heavy atom. The lowest BCUT2D eigenvalue weighted by Crippen LogP contribution is -2.37. The van der Waals surface area contributed by atoms with Crippen molar-refractivity contribution in [2.45, 2.75) is 31.1 Å². The molecule has 0 amide bonds. The van der Waals surface area contributed by atoms with E-state index in [0.29, 0.717) is 18.3 Å². The number of rotatable bonds is 0. The average molecular weight is 259 g/mol. The third kappa shape index (κ3) is 1.21. The number of fused-ring (bicyclic) bond motifs is 5. The van der Waals surface area contributed by atoms with Crippen LogP contribution in [0.3, 0.4) is 0 Å². The number of halogens is 1. The summed E-state index contributed by atoms with van der Waals surface area (Å²) in [4.78, 5) is 12.1. The van der Waals surface area contributed by atoms with E-state index >= 15 is 0 Å². The molecular formula is C16H15ClO. The summed E-state index contributed by atoms with van der Waals surface area (Å²) in [5, 5.41) is 0.793. The molecule has 0 radical (unpaired) electrons. The largest absolute Gasteiger partial charge is 0.294 e. The van der Waals surface area contributed by atoms with E-state index in [1.54, 1.807) is 0 Å². The SMILES string of the molecule is O=C1CCC2(CC3C=CC2C3)c2c(Cl)cccc21. The lowest BCUT2D eigenvalue weighted by Gasteiger charge is -2.41. The molecule has 4 rings (SSSR count). The second-order valence-electron chi connectivity index (χ2n) is 5.93. The Morgan fingerprint density at radius 1 is 1.28 bits per heavy atom. The van der Waals surface area contributed by atoms with Crippen molar-refractivity contribution >= 4 is 17.4 Å². The first-order valence-corrected chi connectivity index (χ1v) is 7.09. The van der Waals surface area contributed by atoms with Gasteiger partial charge in [0.25, 0.3) is 0 Å². The van der Waals surface area contributed by atoms with E-state index < -0.39 is 0 Å².